The molecule has 4 nitrogen and oxygen atoms in total. The fourth-order valence-corrected chi connectivity index (χ4v) is 0.944. The minimum Gasteiger partial charge on any atom is -0.254 e. The molecule has 0 fully saturated rings. The van der Waals surface area contributed by atoms with Crippen molar-refractivity contribution in [2.75, 3.05) is 0 Å². The minimum atomic E-state index is 0.773. The molecule has 14 heavy (non-hydrogen) atoms. The molecule has 0 radical (unpaired) electrons. The van der Waals surface area contributed by atoms with Crippen molar-refractivity contribution < 1.29 is 0 Å². The van der Waals surface area contributed by atoms with Gasteiger partial charge in [0.1, 0.15) is 5.69 Å². The Morgan fingerprint density at radius 3 is 2.36 bits per heavy atom. The average molecular weight is 190 g/mol. The van der Waals surface area contributed by atoms with E-state index in [1.165, 1.54) is 0 Å². The summed E-state index contributed by atoms with van der Waals surface area (Å²) in [6, 6.07) is 3.92. The number of nitrogens with zero attached hydrogens (tertiary/aromatic N) is 3. The third-order valence-electron chi connectivity index (χ3n) is 1.59. The topological polar surface area (TPSA) is 54.5 Å². The molecule has 0 aliphatic rings. The van der Waals surface area contributed by atoms with E-state index in [-0.39, 0.29) is 0 Å². The lowest BCUT2D eigenvalue weighted by atomic mass is 10.2. The van der Waals surface area contributed by atoms with Crippen LogP contribution in [-0.2, 0) is 0 Å². The smallest absolute Gasteiger partial charge is 0.131 e. The lowest BCUT2D eigenvalue weighted by Gasteiger charge is -1.93. The Kier molecular flexibility index (Phi) is 3.79. The van der Waals surface area contributed by atoms with Crippen molar-refractivity contribution in [1.82, 2.24) is 20.4 Å². The summed E-state index contributed by atoms with van der Waals surface area (Å²) >= 11 is 0. The number of hydrogen-bond donors (Lipinski definition) is 1. The maximum absolute atomic E-state index is 4.20. The van der Waals surface area contributed by atoms with Gasteiger partial charge in [-0.3, -0.25) is 4.98 Å². The van der Waals surface area contributed by atoms with E-state index in [0.29, 0.717) is 0 Å². The van der Waals surface area contributed by atoms with Crippen LogP contribution < -0.4 is 0 Å². The van der Waals surface area contributed by atoms with Gasteiger partial charge in [0.15, 0.2) is 0 Å². The van der Waals surface area contributed by atoms with Crippen LogP contribution in [0.2, 0.25) is 0 Å². The van der Waals surface area contributed by atoms with Crippen LogP contribution in [0.1, 0.15) is 19.4 Å². The first-order valence-corrected chi connectivity index (χ1v) is 4.65. The lowest BCUT2D eigenvalue weighted by molar-refractivity contribution is 0.940. The number of hydrogen-bond acceptors (Lipinski definition) is 3. The van der Waals surface area contributed by atoms with Gasteiger partial charge in [0.2, 0.25) is 0 Å². The summed E-state index contributed by atoms with van der Waals surface area (Å²) in [5.74, 6) is 0. The molecule has 2 aromatic heterocycles. The first-order valence-electron chi connectivity index (χ1n) is 4.65. The van der Waals surface area contributed by atoms with Crippen molar-refractivity contribution >= 4 is 0 Å². The molecule has 1 N–H and O–H groups in total. The fourth-order valence-electron chi connectivity index (χ4n) is 0.944. The zero-order chi connectivity index (χ0) is 10.4. The Labute approximate surface area is 83.4 Å². The van der Waals surface area contributed by atoms with Gasteiger partial charge < -0.3 is 0 Å². The summed E-state index contributed by atoms with van der Waals surface area (Å²) in [4.78, 5) is 4.20. The molecule has 0 saturated carbocycles. The molecule has 0 saturated heterocycles. The number of pyridine rings is 1. The highest BCUT2D eigenvalue weighted by Crippen LogP contribution is 2.11. The zero-order valence-electron chi connectivity index (χ0n) is 8.65. The first kappa shape index (κ1) is 10.4. The van der Waals surface area contributed by atoms with Crippen molar-refractivity contribution in [3.63, 3.8) is 0 Å². The molecular formula is C10H14N4. The summed E-state index contributed by atoms with van der Waals surface area (Å²) in [5, 5.41) is 10.2. The molecule has 0 bridgehead atoms. The molecule has 4 heteroatoms. The zero-order valence-corrected chi connectivity index (χ0v) is 8.65. The Morgan fingerprint density at radius 2 is 1.86 bits per heavy atom. The maximum atomic E-state index is 4.20. The normalized spacial score (nSPS) is 9.07. The fraction of sp³-hybridized carbons (Fsp3) is 0.300. The van der Waals surface area contributed by atoms with E-state index in [1.807, 2.05) is 39.1 Å². The van der Waals surface area contributed by atoms with Gasteiger partial charge in [-0.25, -0.2) is 0 Å². The van der Waals surface area contributed by atoms with E-state index in [4.69, 9.17) is 0 Å². The van der Waals surface area contributed by atoms with Crippen molar-refractivity contribution in [1.29, 1.82) is 0 Å². The quantitative estimate of drug-likeness (QED) is 0.750. The SMILES string of the molecule is CC.Cc1ccc(-c2cn[nH]n2)nc1. The lowest BCUT2D eigenvalue weighted by Crippen LogP contribution is -1.83. The third-order valence-corrected chi connectivity index (χ3v) is 1.59. The van der Waals surface area contributed by atoms with Gasteiger partial charge in [-0.2, -0.15) is 15.4 Å². The second-order valence-electron chi connectivity index (χ2n) is 2.58. The Balaban J connectivity index is 0.000000461. The van der Waals surface area contributed by atoms with Gasteiger partial charge in [0, 0.05) is 6.20 Å². The van der Waals surface area contributed by atoms with Crippen LogP contribution in [0, 0.1) is 6.92 Å². The van der Waals surface area contributed by atoms with E-state index >= 15 is 0 Å². The van der Waals surface area contributed by atoms with Crippen molar-refractivity contribution in [2.24, 2.45) is 0 Å². The Bertz CT molecular complexity index is 350. The molecule has 0 aromatic carbocycles. The molecule has 74 valence electrons. The van der Waals surface area contributed by atoms with Gasteiger partial charge in [0.05, 0.1) is 11.9 Å². The molecule has 0 unspecified atom stereocenters. The number of rotatable bonds is 1. The second kappa shape index (κ2) is 5.11. The monoisotopic (exact) mass is 190 g/mol. The van der Waals surface area contributed by atoms with Crippen LogP contribution in [0.3, 0.4) is 0 Å². The van der Waals surface area contributed by atoms with Crippen molar-refractivity contribution in [2.45, 2.75) is 20.8 Å². The first-order chi connectivity index (χ1) is 6.86. The Morgan fingerprint density at radius 1 is 1.07 bits per heavy atom. The van der Waals surface area contributed by atoms with E-state index in [1.54, 1.807) is 6.20 Å². The van der Waals surface area contributed by atoms with E-state index in [9.17, 15) is 0 Å². The third kappa shape index (κ3) is 2.39. The standard InChI is InChI=1S/C8H8N4.C2H6/c1-6-2-3-7(9-4-6)8-5-10-12-11-8;1-2/h2-5H,1H3,(H,10,11,12);1-2H3. The van der Waals surface area contributed by atoms with Crippen LogP contribution in [0.5, 0.6) is 0 Å². The van der Waals surface area contributed by atoms with Crippen LogP contribution in [0.4, 0.5) is 0 Å². The number of aromatic nitrogens is 4. The molecule has 0 aliphatic heterocycles. The highest BCUT2D eigenvalue weighted by molar-refractivity contribution is 5.51. The Hall–Kier alpha value is -1.71. The molecule has 2 aromatic rings. The van der Waals surface area contributed by atoms with Gasteiger partial charge in [-0.05, 0) is 18.6 Å². The largest absolute Gasteiger partial charge is 0.254 e. The molecule has 0 aliphatic carbocycles. The van der Waals surface area contributed by atoms with Gasteiger partial charge in [0.25, 0.3) is 0 Å². The second-order valence-corrected chi connectivity index (χ2v) is 2.58. The van der Waals surface area contributed by atoms with Gasteiger partial charge >= 0.3 is 0 Å². The number of nitrogens with one attached hydrogen (secondary N) is 1. The predicted octanol–water partition coefficient (Wildman–Crippen LogP) is 2.20. The van der Waals surface area contributed by atoms with E-state index in [0.717, 1.165) is 17.0 Å². The highest BCUT2D eigenvalue weighted by atomic mass is 15.3. The number of H-pyrrole nitrogens is 1. The maximum Gasteiger partial charge on any atom is 0.131 e. The molecule has 0 atom stereocenters. The highest BCUT2D eigenvalue weighted by Gasteiger charge is 1.99. The van der Waals surface area contributed by atoms with Crippen LogP contribution in [0.25, 0.3) is 11.4 Å². The van der Waals surface area contributed by atoms with Crippen LogP contribution >= 0.6 is 0 Å². The molecule has 0 spiro atoms. The minimum absolute atomic E-state index is 0.773. The molecule has 2 rings (SSSR count). The summed E-state index contributed by atoms with van der Waals surface area (Å²) < 4.78 is 0. The predicted molar refractivity (Wildman–Crippen MR) is 55.7 cm³/mol. The van der Waals surface area contributed by atoms with E-state index < -0.39 is 0 Å². The van der Waals surface area contributed by atoms with Crippen LogP contribution in [-0.4, -0.2) is 20.4 Å². The summed E-state index contributed by atoms with van der Waals surface area (Å²) in [6.45, 7) is 6.00. The summed E-state index contributed by atoms with van der Waals surface area (Å²) in [6.07, 6.45) is 3.46. The van der Waals surface area contributed by atoms with Gasteiger partial charge in [-0.1, -0.05) is 19.9 Å². The molecule has 0 amide bonds. The number of aryl methyl sites for hydroxylation is 1. The summed E-state index contributed by atoms with van der Waals surface area (Å²) in [7, 11) is 0. The molecular weight excluding hydrogens is 176 g/mol. The van der Waals surface area contributed by atoms with Crippen molar-refractivity contribution in [3.05, 3.63) is 30.1 Å². The number of aromatic amines is 1. The van der Waals surface area contributed by atoms with E-state index in [2.05, 4.69) is 20.4 Å². The average Bonchev–Trinajstić information content (AvgIpc) is 2.75. The van der Waals surface area contributed by atoms with Crippen molar-refractivity contribution in [3.8, 4) is 11.4 Å². The van der Waals surface area contributed by atoms with Crippen LogP contribution in [0.15, 0.2) is 24.5 Å². The molecule has 2 heterocycles. The summed E-state index contributed by atoms with van der Waals surface area (Å²) in [5.41, 5.74) is 2.76. The van der Waals surface area contributed by atoms with Gasteiger partial charge in [-0.15, -0.1) is 0 Å².